The van der Waals surface area contributed by atoms with Gasteiger partial charge in [-0.25, -0.2) is 9.59 Å². The molecule has 2 heterocycles. The number of aromatic amines is 1. The van der Waals surface area contributed by atoms with Gasteiger partial charge in [-0.2, -0.15) is 0 Å². The van der Waals surface area contributed by atoms with Gasteiger partial charge in [-0.05, 0) is 55.7 Å². The van der Waals surface area contributed by atoms with Crippen LogP contribution in [-0.2, 0) is 0 Å². The third-order valence-corrected chi connectivity index (χ3v) is 5.69. The Morgan fingerprint density at radius 2 is 1.97 bits per heavy atom. The number of anilines is 1. The van der Waals surface area contributed by atoms with Gasteiger partial charge in [0.25, 0.3) is 0 Å². The van der Waals surface area contributed by atoms with Crippen molar-refractivity contribution < 1.29 is 9.53 Å². The molecule has 0 unspecified atom stereocenters. The fraction of sp³-hybridized carbons (Fsp3) is 0.333. The number of carbonyl (C=O) groups is 1. The molecule has 0 spiro atoms. The zero-order valence-corrected chi connectivity index (χ0v) is 17.1. The Kier molecular flexibility index (Phi) is 5.24. The van der Waals surface area contributed by atoms with Crippen LogP contribution in [-0.4, -0.2) is 40.7 Å². The number of piperidine rings is 1. The fourth-order valence-electron chi connectivity index (χ4n) is 3.88. The van der Waals surface area contributed by atoms with Crippen LogP contribution in [0.4, 0.5) is 10.5 Å². The number of rotatable bonds is 3. The fourth-order valence-corrected chi connectivity index (χ4v) is 4.14. The molecule has 7 nitrogen and oxygen atoms in total. The third kappa shape index (κ3) is 3.82. The average Bonchev–Trinajstić information content (AvgIpc) is 3.03. The Morgan fingerprint density at radius 3 is 2.66 bits per heavy atom. The Morgan fingerprint density at radius 1 is 1.21 bits per heavy atom. The van der Waals surface area contributed by atoms with Crippen molar-refractivity contribution in [1.82, 2.24) is 14.5 Å². The highest BCUT2D eigenvalue weighted by Crippen LogP contribution is 2.28. The summed E-state index contributed by atoms with van der Waals surface area (Å²) in [6, 6.07) is 11.0. The van der Waals surface area contributed by atoms with E-state index in [0.29, 0.717) is 29.5 Å². The summed E-state index contributed by atoms with van der Waals surface area (Å²) in [6.45, 7) is 3.15. The van der Waals surface area contributed by atoms with E-state index in [2.05, 4.69) is 10.3 Å². The number of aryl methyl sites for hydroxylation is 1. The van der Waals surface area contributed by atoms with Gasteiger partial charge in [0.05, 0.1) is 23.2 Å². The second kappa shape index (κ2) is 7.83. The smallest absolute Gasteiger partial charge is 0.326 e. The van der Waals surface area contributed by atoms with Gasteiger partial charge < -0.3 is 19.9 Å². The van der Waals surface area contributed by atoms with E-state index in [1.54, 1.807) is 30.2 Å². The predicted molar refractivity (Wildman–Crippen MR) is 114 cm³/mol. The molecule has 2 N–H and O–H groups in total. The standard InChI is InChI=1S/C21H23ClN4O3/c1-13-3-5-18-17(11-13)24-21(28)26(18)15-7-9-25(10-8-15)20(27)23-14-4-6-19(29-2)16(22)12-14/h3-6,11-12,15H,7-10H2,1-2H3,(H,23,27)(H,24,28). The zero-order chi connectivity index (χ0) is 20.5. The topological polar surface area (TPSA) is 79.4 Å². The van der Waals surface area contributed by atoms with Gasteiger partial charge in [0.2, 0.25) is 0 Å². The molecule has 1 aliphatic heterocycles. The molecule has 8 heteroatoms. The highest BCUT2D eigenvalue weighted by molar-refractivity contribution is 6.32. The first-order valence-corrected chi connectivity index (χ1v) is 9.94. The van der Waals surface area contributed by atoms with E-state index in [9.17, 15) is 9.59 Å². The molecular weight excluding hydrogens is 392 g/mol. The minimum absolute atomic E-state index is 0.0680. The molecular formula is C21H23ClN4O3. The maximum absolute atomic E-state index is 12.6. The van der Waals surface area contributed by atoms with Crippen LogP contribution < -0.4 is 15.7 Å². The van der Waals surface area contributed by atoms with Gasteiger partial charge in [0, 0.05) is 24.8 Å². The van der Waals surface area contributed by atoms with Crippen LogP contribution in [0.25, 0.3) is 11.0 Å². The Bertz CT molecular complexity index is 1110. The van der Waals surface area contributed by atoms with Crippen molar-refractivity contribution in [3.63, 3.8) is 0 Å². The number of H-pyrrole nitrogens is 1. The summed E-state index contributed by atoms with van der Waals surface area (Å²) < 4.78 is 6.96. The monoisotopic (exact) mass is 414 g/mol. The van der Waals surface area contributed by atoms with E-state index in [1.807, 2.05) is 29.7 Å². The number of hydrogen-bond acceptors (Lipinski definition) is 3. The number of nitrogens with one attached hydrogen (secondary N) is 2. The number of methoxy groups -OCH3 is 1. The lowest BCUT2D eigenvalue weighted by atomic mass is 10.0. The van der Waals surface area contributed by atoms with Crippen molar-refractivity contribution in [2.45, 2.75) is 25.8 Å². The minimum Gasteiger partial charge on any atom is -0.495 e. The molecule has 2 amide bonds. The van der Waals surface area contributed by atoms with Crippen LogP contribution in [0.15, 0.2) is 41.2 Å². The highest BCUT2D eigenvalue weighted by atomic mass is 35.5. The molecule has 0 saturated carbocycles. The highest BCUT2D eigenvalue weighted by Gasteiger charge is 2.26. The van der Waals surface area contributed by atoms with Crippen LogP contribution in [0, 0.1) is 6.92 Å². The number of halogens is 1. The van der Waals surface area contributed by atoms with Gasteiger partial charge in [-0.3, -0.25) is 4.57 Å². The SMILES string of the molecule is COc1ccc(NC(=O)N2CCC(n3c(=O)[nH]c4cc(C)ccc43)CC2)cc1Cl. The van der Waals surface area contributed by atoms with Gasteiger partial charge in [0.1, 0.15) is 5.75 Å². The number of benzene rings is 2. The molecule has 4 rings (SSSR count). The molecule has 29 heavy (non-hydrogen) atoms. The summed E-state index contributed by atoms with van der Waals surface area (Å²) in [5, 5.41) is 3.32. The number of hydrogen-bond donors (Lipinski definition) is 2. The Balaban J connectivity index is 1.43. The van der Waals surface area contributed by atoms with Crippen molar-refractivity contribution in [1.29, 1.82) is 0 Å². The number of aromatic nitrogens is 2. The predicted octanol–water partition coefficient (Wildman–Crippen LogP) is 4.17. The van der Waals surface area contributed by atoms with Crippen LogP contribution in [0.1, 0.15) is 24.4 Å². The zero-order valence-electron chi connectivity index (χ0n) is 16.4. The van der Waals surface area contributed by atoms with Crippen molar-refractivity contribution in [3.05, 3.63) is 57.5 Å². The maximum Gasteiger partial charge on any atom is 0.326 e. The number of urea groups is 1. The molecule has 0 atom stereocenters. The lowest BCUT2D eigenvalue weighted by Gasteiger charge is -2.32. The van der Waals surface area contributed by atoms with Crippen molar-refractivity contribution in [3.8, 4) is 5.75 Å². The number of nitrogens with zero attached hydrogens (tertiary/aromatic N) is 2. The number of carbonyl (C=O) groups excluding carboxylic acids is 1. The molecule has 1 aromatic heterocycles. The first-order chi connectivity index (χ1) is 14.0. The van der Waals surface area contributed by atoms with E-state index in [4.69, 9.17) is 16.3 Å². The first kappa shape index (κ1) is 19.4. The summed E-state index contributed by atoms with van der Waals surface area (Å²) >= 11 is 6.12. The van der Waals surface area contributed by atoms with E-state index in [1.165, 1.54) is 0 Å². The van der Waals surface area contributed by atoms with Crippen molar-refractivity contribution >= 4 is 34.4 Å². The normalized spacial score (nSPS) is 14.9. The summed E-state index contributed by atoms with van der Waals surface area (Å²) in [7, 11) is 1.55. The third-order valence-electron chi connectivity index (χ3n) is 5.39. The van der Waals surface area contributed by atoms with Gasteiger partial charge in [-0.15, -0.1) is 0 Å². The molecule has 0 aliphatic carbocycles. The van der Waals surface area contributed by atoms with Gasteiger partial charge >= 0.3 is 11.7 Å². The number of amides is 2. The Hall–Kier alpha value is -2.93. The molecule has 1 fully saturated rings. The largest absolute Gasteiger partial charge is 0.495 e. The number of imidazole rings is 1. The van der Waals surface area contributed by atoms with Gasteiger partial charge in [-0.1, -0.05) is 17.7 Å². The van der Waals surface area contributed by atoms with Crippen LogP contribution in [0.3, 0.4) is 0 Å². The molecule has 152 valence electrons. The number of ether oxygens (including phenoxy) is 1. The van der Waals surface area contributed by atoms with Crippen molar-refractivity contribution in [2.24, 2.45) is 0 Å². The summed E-state index contributed by atoms with van der Waals surface area (Å²) in [4.78, 5) is 29.8. The van der Waals surface area contributed by atoms with Crippen LogP contribution in [0.2, 0.25) is 5.02 Å². The van der Waals surface area contributed by atoms with Crippen molar-refractivity contribution in [2.75, 3.05) is 25.5 Å². The number of likely N-dealkylation sites (tertiary alicyclic amines) is 1. The number of fused-ring (bicyclic) bond motifs is 1. The first-order valence-electron chi connectivity index (χ1n) is 9.56. The molecule has 2 aromatic carbocycles. The molecule has 0 bridgehead atoms. The second-order valence-electron chi connectivity index (χ2n) is 7.32. The van der Waals surface area contributed by atoms with Crippen LogP contribution >= 0.6 is 11.6 Å². The molecule has 1 aliphatic rings. The second-order valence-corrected chi connectivity index (χ2v) is 7.73. The maximum atomic E-state index is 12.6. The average molecular weight is 415 g/mol. The quantitative estimate of drug-likeness (QED) is 0.675. The summed E-state index contributed by atoms with van der Waals surface area (Å²) in [6.07, 6.45) is 1.44. The van der Waals surface area contributed by atoms with E-state index < -0.39 is 0 Å². The van der Waals surface area contributed by atoms with Gasteiger partial charge in [0.15, 0.2) is 0 Å². The molecule has 3 aromatic rings. The molecule has 1 saturated heterocycles. The summed E-state index contributed by atoms with van der Waals surface area (Å²) in [5.41, 5.74) is 3.39. The lowest BCUT2D eigenvalue weighted by Crippen LogP contribution is -2.42. The van der Waals surface area contributed by atoms with Crippen LogP contribution in [0.5, 0.6) is 5.75 Å². The summed E-state index contributed by atoms with van der Waals surface area (Å²) in [5.74, 6) is 0.560. The lowest BCUT2D eigenvalue weighted by molar-refractivity contribution is 0.184. The van der Waals surface area contributed by atoms with E-state index in [-0.39, 0.29) is 17.8 Å². The van der Waals surface area contributed by atoms with E-state index in [0.717, 1.165) is 29.4 Å². The van der Waals surface area contributed by atoms with E-state index >= 15 is 0 Å². The molecule has 0 radical (unpaired) electrons. The minimum atomic E-state index is -0.174. The Labute approximate surface area is 173 Å².